The second kappa shape index (κ2) is 2.50. The van der Waals surface area contributed by atoms with E-state index in [1.165, 1.54) is 0 Å². The molecular weight excluding hydrogens is 115 g/mol. The summed E-state index contributed by atoms with van der Waals surface area (Å²) in [5, 5.41) is 0. The van der Waals surface area contributed by atoms with Crippen LogP contribution in [0.1, 0.15) is 6.42 Å². The van der Waals surface area contributed by atoms with Crippen LogP contribution in [-0.2, 0) is 9.47 Å². The second-order valence-corrected chi connectivity index (χ2v) is 1.58. The molecule has 0 saturated carbocycles. The molecule has 1 saturated heterocycles. The Balaban J connectivity index is 1.93. The van der Waals surface area contributed by atoms with Gasteiger partial charge in [0.15, 0.2) is 6.29 Å². The molecule has 1 aliphatic rings. The fourth-order valence-electron chi connectivity index (χ4n) is 0.416. The summed E-state index contributed by atoms with van der Waals surface area (Å²) >= 11 is 5.21. The van der Waals surface area contributed by atoms with E-state index in [0.29, 0.717) is 0 Å². The van der Waals surface area contributed by atoms with E-state index in [-0.39, 0.29) is 12.4 Å². The number of halogens is 1. The maximum absolute atomic E-state index is 5.21. The van der Waals surface area contributed by atoms with Gasteiger partial charge in [0.1, 0.15) is 6.07 Å². The third-order valence-corrected chi connectivity index (χ3v) is 1.03. The number of ether oxygens (including phenoxy) is 2. The number of hydrogen-bond donors (Lipinski definition) is 0. The average molecular weight is 123 g/mol. The summed E-state index contributed by atoms with van der Waals surface area (Å²) in [7, 11) is 0. The van der Waals surface area contributed by atoms with Crippen LogP contribution in [0.15, 0.2) is 0 Å². The average Bonchev–Trinajstić information content (AvgIpc) is 1.55. The Hall–Kier alpha value is 0.210. The summed E-state index contributed by atoms with van der Waals surface area (Å²) in [5.41, 5.74) is 0. The van der Waals surface area contributed by atoms with E-state index in [1.807, 2.05) is 0 Å². The van der Waals surface area contributed by atoms with Crippen LogP contribution in [0.3, 0.4) is 0 Å². The monoisotopic (exact) mass is 122 g/mol. The van der Waals surface area contributed by atoms with Crippen molar-refractivity contribution in [1.29, 1.82) is 0 Å². The molecule has 1 atom stereocenters. The number of hydrogen-bond acceptors (Lipinski definition) is 2. The molecule has 1 fully saturated rings. The summed E-state index contributed by atoms with van der Waals surface area (Å²) in [6, 6.07) is 0.241. The first-order valence-electron chi connectivity index (χ1n) is 2.22. The number of alkyl halides is 1. The van der Waals surface area contributed by atoms with E-state index < -0.39 is 0 Å². The molecule has 0 aliphatic carbocycles. The van der Waals surface area contributed by atoms with Crippen LogP contribution in [0.5, 0.6) is 0 Å². The van der Waals surface area contributed by atoms with Gasteiger partial charge in [-0.05, 0) is 0 Å². The third-order valence-electron chi connectivity index (χ3n) is 0.906. The first kappa shape index (κ1) is 5.35. The lowest BCUT2D eigenvalue weighted by Gasteiger charge is -2.24. The zero-order chi connectivity index (χ0) is 5.11. The van der Waals surface area contributed by atoms with Crippen molar-refractivity contribution < 1.29 is 9.47 Å². The van der Waals surface area contributed by atoms with E-state index in [2.05, 4.69) is 0 Å². The lowest BCUT2D eigenvalue weighted by atomic mass is 10.3. The van der Waals surface area contributed by atoms with Crippen LogP contribution < -0.4 is 0 Å². The van der Waals surface area contributed by atoms with Crippen molar-refractivity contribution in [2.24, 2.45) is 0 Å². The molecule has 1 unspecified atom stereocenters. The Morgan fingerprint density at radius 3 is 2.71 bits per heavy atom. The lowest BCUT2D eigenvalue weighted by molar-refractivity contribution is -0.205. The Morgan fingerprint density at radius 1 is 1.86 bits per heavy atom. The minimum atomic E-state index is -0.00231. The summed E-state index contributed by atoms with van der Waals surface area (Å²) in [6.07, 6.45) is 0.990. The maximum Gasteiger partial charge on any atom is 0.161 e. The van der Waals surface area contributed by atoms with Crippen molar-refractivity contribution in [3.05, 3.63) is 0 Å². The van der Waals surface area contributed by atoms with Gasteiger partial charge in [-0.3, -0.25) is 0 Å². The minimum Gasteiger partial charge on any atom is -0.352 e. The van der Waals surface area contributed by atoms with E-state index >= 15 is 0 Å². The van der Waals surface area contributed by atoms with Gasteiger partial charge >= 0.3 is 0 Å². The van der Waals surface area contributed by atoms with E-state index in [0.717, 1.165) is 13.0 Å². The normalized spacial score (nSPS) is 29.6. The van der Waals surface area contributed by atoms with Gasteiger partial charge in [0, 0.05) is 6.42 Å². The topological polar surface area (TPSA) is 18.5 Å². The van der Waals surface area contributed by atoms with Gasteiger partial charge in [-0.25, -0.2) is 0 Å². The molecule has 0 aromatic carbocycles. The molecule has 0 amide bonds. The van der Waals surface area contributed by atoms with E-state index in [9.17, 15) is 0 Å². The predicted octanol–water partition coefficient (Wildman–Crippen LogP) is 0.946. The molecule has 0 bridgehead atoms. The van der Waals surface area contributed by atoms with Gasteiger partial charge < -0.3 is 9.47 Å². The standard InChI is InChI=1S/C4H7ClO2/c5-3-7-4-1-2-6-4/h4H,1-3H2. The van der Waals surface area contributed by atoms with Gasteiger partial charge in [-0.2, -0.15) is 0 Å². The highest BCUT2D eigenvalue weighted by Crippen LogP contribution is 2.11. The summed E-state index contributed by atoms with van der Waals surface area (Å²) in [6.45, 7) is 0.821. The summed E-state index contributed by atoms with van der Waals surface area (Å²) in [5.74, 6) is 0. The van der Waals surface area contributed by atoms with Crippen molar-refractivity contribution >= 4 is 11.6 Å². The zero-order valence-electron chi connectivity index (χ0n) is 3.89. The number of rotatable bonds is 2. The quantitative estimate of drug-likeness (QED) is 0.508. The molecule has 1 aliphatic heterocycles. The first-order valence-corrected chi connectivity index (χ1v) is 2.76. The SMILES string of the molecule is ClCOC1CCO1. The van der Waals surface area contributed by atoms with Crippen LogP contribution in [0.25, 0.3) is 0 Å². The van der Waals surface area contributed by atoms with Crippen LogP contribution >= 0.6 is 11.6 Å². The Bertz CT molecular complexity index is 53.7. The third kappa shape index (κ3) is 1.30. The first-order chi connectivity index (χ1) is 3.43. The lowest BCUT2D eigenvalue weighted by Crippen LogP contribution is -2.28. The second-order valence-electron chi connectivity index (χ2n) is 1.36. The molecule has 0 aromatic heterocycles. The molecule has 7 heavy (non-hydrogen) atoms. The largest absolute Gasteiger partial charge is 0.352 e. The highest BCUT2D eigenvalue weighted by atomic mass is 35.5. The highest BCUT2D eigenvalue weighted by Gasteiger charge is 2.16. The molecule has 1 rings (SSSR count). The van der Waals surface area contributed by atoms with Gasteiger partial charge in [-0.15, -0.1) is 0 Å². The van der Waals surface area contributed by atoms with Crippen molar-refractivity contribution in [3.63, 3.8) is 0 Å². The van der Waals surface area contributed by atoms with Gasteiger partial charge in [-0.1, -0.05) is 11.6 Å². The zero-order valence-corrected chi connectivity index (χ0v) is 4.65. The molecule has 0 aromatic rings. The Morgan fingerprint density at radius 2 is 2.57 bits per heavy atom. The Labute approximate surface area is 47.4 Å². The van der Waals surface area contributed by atoms with E-state index in [4.69, 9.17) is 21.1 Å². The van der Waals surface area contributed by atoms with Crippen LogP contribution in [0.4, 0.5) is 0 Å². The maximum atomic E-state index is 5.21. The highest BCUT2D eigenvalue weighted by molar-refractivity contribution is 6.17. The van der Waals surface area contributed by atoms with Crippen LogP contribution in [0.2, 0.25) is 0 Å². The van der Waals surface area contributed by atoms with Crippen molar-refractivity contribution in [1.82, 2.24) is 0 Å². The minimum absolute atomic E-state index is 0.00231. The summed E-state index contributed by atoms with van der Waals surface area (Å²) < 4.78 is 9.69. The van der Waals surface area contributed by atoms with E-state index in [1.54, 1.807) is 0 Å². The predicted molar refractivity (Wildman–Crippen MR) is 26.2 cm³/mol. The molecule has 2 nitrogen and oxygen atoms in total. The van der Waals surface area contributed by atoms with Crippen LogP contribution in [-0.4, -0.2) is 19.0 Å². The van der Waals surface area contributed by atoms with Crippen LogP contribution in [0, 0.1) is 0 Å². The molecule has 0 spiro atoms. The molecule has 3 heteroatoms. The molecule has 0 radical (unpaired) electrons. The van der Waals surface area contributed by atoms with Crippen molar-refractivity contribution in [2.45, 2.75) is 12.7 Å². The fourth-order valence-corrected chi connectivity index (χ4v) is 0.556. The molecule has 1 heterocycles. The van der Waals surface area contributed by atoms with Crippen molar-refractivity contribution in [2.75, 3.05) is 12.7 Å². The van der Waals surface area contributed by atoms with Crippen molar-refractivity contribution in [3.8, 4) is 0 Å². The summed E-state index contributed by atoms with van der Waals surface area (Å²) in [4.78, 5) is 0. The van der Waals surface area contributed by atoms with Gasteiger partial charge in [0.05, 0.1) is 6.61 Å². The molecule has 42 valence electrons. The molecular formula is C4H7ClO2. The Kier molecular flexibility index (Phi) is 1.91. The van der Waals surface area contributed by atoms with Gasteiger partial charge in [0.25, 0.3) is 0 Å². The smallest absolute Gasteiger partial charge is 0.161 e. The van der Waals surface area contributed by atoms with Gasteiger partial charge in [0.2, 0.25) is 0 Å². The molecule has 0 N–H and O–H groups in total. The fraction of sp³-hybridized carbons (Fsp3) is 1.00.